The van der Waals surface area contributed by atoms with Crippen molar-refractivity contribution >= 4 is 41.7 Å². The maximum atomic E-state index is 11.0. The number of aliphatic hydroxyl groups is 1. The fourth-order valence-corrected chi connectivity index (χ4v) is 3.25. The van der Waals surface area contributed by atoms with Gasteiger partial charge in [0.1, 0.15) is 9.84 Å². The molecule has 1 aromatic rings. The molecule has 0 radical (unpaired) electrons. The summed E-state index contributed by atoms with van der Waals surface area (Å²) in [6, 6.07) is 5.21. The monoisotopic (exact) mass is 356 g/mol. The molecule has 0 bridgehead atoms. The lowest BCUT2D eigenvalue weighted by Crippen LogP contribution is -2.12. The van der Waals surface area contributed by atoms with Crippen molar-refractivity contribution in [2.75, 3.05) is 12.0 Å². The van der Waals surface area contributed by atoms with Crippen LogP contribution in [0.5, 0.6) is 0 Å². The summed E-state index contributed by atoms with van der Waals surface area (Å²) in [5.41, 5.74) is 0.571. The summed E-state index contributed by atoms with van der Waals surface area (Å²) in [5.74, 6) is -0.268. The smallest absolute Gasteiger partial charge is 0.150 e. The molecule has 6 heteroatoms. The van der Waals surface area contributed by atoms with Crippen LogP contribution in [0.4, 0.5) is 0 Å². The fraction of sp³-hybridized carbons (Fsp3) is 0.333. The number of hydrogen-bond acceptors (Lipinski definition) is 3. The van der Waals surface area contributed by atoms with Gasteiger partial charge in [-0.15, -0.1) is 0 Å². The molecule has 0 aliphatic carbocycles. The highest BCUT2D eigenvalue weighted by Crippen LogP contribution is 2.24. The average Bonchev–Trinajstić information content (AvgIpc) is 1.98. The van der Waals surface area contributed by atoms with Gasteiger partial charge in [0, 0.05) is 15.2 Å². The van der Waals surface area contributed by atoms with Gasteiger partial charge in [-0.3, -0.25) is 0 Å². The zero-order valence-electron chi connectivity index (χ0n) is 7.94. The Kier molecular flexibility index (Phi) is 4.34. The molecule has 1 unspecified atom stereocenters. The molecule has 1 rings (SSSR count). The first-order chi connectivity index (χ1) is 6.78. The molecule has 0 fully saturated rings. The zero-order valence-corrected chi connectivity index (χ0v) is 11.9. The van der Waals surface area contributed by atoms with Crippen LogP contribution < -0.4 is 0 Å². The molecule has 1 atom stereocenters. The summed E-state index contributed by atoms with van der Waals surface area (Å²) < 4.78 is 23.6. The van der Waals surface area contributed by atoms with E-state index in [4.69, 9.17) is 0 Å². The lowest BCUT2D eigenvalue weighted by atomic mass is 10.1. The van der Waals surface area contributed by atoms with E-state index >= 15 is 0 Å². The summed E-state index contributed by atoms with van der Waals surface area (Å²) >= 11 is 6.54. The van der Waals surface area contributed by atoms with Crippen molar-refractivity contribution in [1.82, 2.24) is 0 Å². The number of aliphatic hydroxyl groups excluding tert-OH is 1. The Morgan fingerprint density at radius 3 is 2.13 bits per heavy atom. The highest BCUT2D eigenvalue weighted by atomic mass is 79.9. The minimum atomic E-state index is -3.18. The third kappa shape index (κ3) is 4.63. The molecule has 0 aliphatic heterocycles. The van der Waals surface area contributed by atoms with Gasteiger partial charge in [-0.05, 0) is 23.8 Å². The van der Waals surface area contributed by atoms with E-state index in [2.05, 4.69) is 31.9 Å². The van der Waals surface area contributed by atoms with Crippen LogP contribution in [0.2, 0.25) is 0 Å². The number of benzene rings is 1. The van der Waals surface area contributed by atoms with E-state index in [0.717, 1.165) is 15.2 Å². The standard InChI is InChI=1S/C9H10Br2O3S/c1-15(13,14)5-9(12)6-2-7(10)4-8(11)3-6/h2-4,9,12H,5H2,1H3. The molecular weight excluding hydrogens is 348 g/mol. The van der Waals surface area contributed by atoms with Crippen LogP contribution in [0.1, 0.15) is 11.7 Å². The normalized spacial score (nSPS) is 13.9. The molecule has 1 N–H and O–H groups in total. The van der Waals surface area contributed by atoms with Gasteiger partial charge in [0.15, 0.2) is 0 Å². The summed E-state index contributed by atoms with van der Waals surface area (Å²) in [7, 11) is -3.18. The number of sulfone groups is 1. The zero-order chi connectivity index (χ0) is 11.6. The van der Waals surface area contributed by atoms with Crippen LogP contribution >= 0.6 is 31.9 Å². The topological polar surface area (TPSA) is 54.4 Å². The maximum absolute atomic E-state index is 11.0. The van der Waals surface area contributed by atoms with Crippen molar-refractivity contribution in [2.24, 2.45) is 0 Å². The average molecular weight is 358 g/mol. The summed E-state index contributed by atoms with van der Waals surface area (Å²) in [6.07, 6.45) is 0.109. The van der Waals surface area contributed by atoms with E-state index in [9.17, 15) is 13.5 Å². The Balaban J connectivity index is 2.96. The van der Waals surface area contributed by atoms with Crippen molar-refractivity contribution in [3.05, 3.63) is 32.7 Å². The van der Waals surface area contributed by atoms with Gasteiger partial charge in [0.25, 0.3) is 0 Å². The van der Waals surface area contributed by atoms with Crippen LogP contribution in [0, 0.1) is 0 Å². The number of rotatable bonds is 3. The quantitative estimate of drug-likeness (QED) is 0.902. The molecule has 0 aliphatic rings. The van der Waals surface area contributed by atoms with Gasteiger partial charge in [-0.1, -0.05) is 31.9 Å². The third-order valence-corrected chi connectivity index (χ3v) is 3.57. The number of halogens is 2. The molecular formula is C9H10Br2O3S. The second-order valence-electron chi connectivity index (χ2n) is 3.31. The molecule has 0 heterocycles. The Morgan fingerprint density at radius 1 is 1.27 bits per heavy atom. The van der Waals surface area contributed by atoms with Gasteiger partial charge < -0.3 is 5.11 Å². The second-order valence-corrected chi connectivity index (χ2v) is 7.33. The van der Waals surface area contributed by atoms with E-state index in [1.165, 1.54) is 0 Å². The van der Waals surface area contributed by atoms with E-state index in [0.29, 0.717) is 5.56 Å². The van der Waals surface area contributed by atoms with Gasteiger partial charge in [0.2, 0.25) is 0 Å². The first kappa shape index (κ1) is 13.2. The van der Waals surface area contributed by atoms with E-state index < -0.39 is 15.9 Å². The molecule has 0 saturated carbocycles. The van der Waals surface area contributed by atoms with Crippen LogP contribution in [-0.4, -0.2) is 25.5 Å². The Bertz CT molecular complexity index is 436. The lowest BCUT2D eigenvalue weighted by Gasteiger charge is -2.10. The van der Waals surface area contributed by atoms with Gasteiger partial charge >= 0.3 is 0 Å². The van der Waals surface area contributed by atoms with Gasteiger partial charge in [-0.25, -0.2) is 8.42 Å². The highest BCUT2D eigenvalue weighted by molar-refractivity contribution is 9.11. The summed E-state index contributed by atoms with van der Waals surface area (Å²) in [5, 5.41) is 9.68. The molecule has 15 heavy (non-hydrogen) atoms. The predicted octanol–water partition coefficient (Wildman–Crippen LogP) is 2.29. The van der Waals surface area contributed by atoms with Crippen molar-refractivity contribution < 1.29 is 13.5 Å². The van der Waals surface area contributed by atoms with E-state index in [1.807, 2.05) is 6.07 Å². The summed E-state index contributed by atoms with van der Waals surface area (Å²) in [6.45, 7) is 0. The molecule has 3 nitrogen and oxygen atoms in total. The maximum Gasteiger partial charge on any atom is 0.150 e. The molecule has 84 valence electrons. The second kappa shape index (κ2) is 4.95. The van der Waals surface area contributed by atoms with Crippen molar-refractivity contribution in [3.8, 4) is 0 Å². The SMILES string of the molecule is CS(=O)(=O)CC(O)c1cc(Br)cc(Br)c1. The predicted molar refractivity (Wildman–Crippen MR) is 66.5 cm³/mol. The first-order valence-electron chi connectivity index (χ1n) is 4.10. The van der Waals surface area contributed by atoms with E-state index in [-0.39, 0.29) is 5.75 Å². The van der Waals surface area contributed by atoms with Crippen molar-refractivity contribution in [2.45, 2.75) is 6.10 Å². The Morgan fingerprint density at radius 2 is 1.73 bits per heavy atom. The largest absolute Gasteiger partial charge is 0.387 e. The number of hydrogen-bond donors (Lipinski definition) is 1. The van der Waals surface area contributed by atoms with Gasteiger partial charge in [-0.2, -0.15) is 0 Å². The van der Waals surface area contributed by atoms with Crippen LogP contribution in [0.3, 0.4) is 0 Å². The van der Waals surface area contributed by atoms with Crippen LogP contribution in [-0.2, 0) is 9.84 Å². The van der Waals surface area contributed by atoms with Gasteiger partial charge in [0.05, 0.1) is 11.9 Å². The first-order valence-corrected chi connectivity index (χ1v) is 7.74. The molecule has 0 aromatic heterocycles. The minimum Gasteiger partial charge on any atom is -0.387 e. The third-order valence-electron chi connectivity index (χ3n) is 1.73. The molecule has 0 spiro atoms. The van der Waals surface area contributed by atoms with Crippen LogP contribution in [0.15, 0.2) is 27.1 Å². The van der Waals surface area contributed by atoms with Crippen LogP contribution in [0.25, 0.3) is 0 Å². The highest BCUT2D eigenvalue weighted by Gasteiger charge is 2.15. The summed E-state index contributed by atoms with van der Waals surface area (Å²) in [4.78, 5) is 0. The minimum absolute atomic E-state index is 0.268. The lowest BCUT2D eigenvalue weighted by molar-refractivity contribution is 0.201. The molecule has 0 amide bonds. The Hall–Kier alpha value is 0.0900. The van der Waals surface area contributed by atoms with E-state index in [1.54, 1.807) is 12.1 Å². The fourth-order valence-electron chi connectivity index (χ4n) is 1.15. The van der Waals surface area contributed by atoms with Crippen molar-refractivity contribution in [3.63, 3.8) is 0 Å². The molecule has 1 aromatic carbocycles. The van der Waals surface area contributed by atoms with Crippen molar-refractivity contribution in [1.29, 1.82) is 0 Å². The Labute approximate surface area is 106 Å². The molecule has 0 saturated heterocycles.